The second-order valence-corrected chi connectivity index (χ2v) is 4.85. The highest BCUT2D eigenvalue weighted by atomic mass is 19.1. The fraction of sp³-hybridized carbons (Fsp3) is 0.235. The van der Waals surface area contributed by atoms with Crippen LogP contribution in [0.4, 0.5) is 4.39 Å². The number of hydrogen-bond acceptors (Lipinski definition) is 1. The van der Waals surface area contributed by atoms with E-state index in [9.17, 15) is 9.18 Å². The normalized spacial score (nSPS) is 10.5. The number of Topliss-reactive ketones (excluding diaryl/α,β-unsaturated/α-hetero) is 1. The number of ketones is 1. The van der Waals surface area contributed by atoms with Crippen LogP contribution in [0.1, 0.15) is 33.5 Å². The van der Waals surface area contributed by atoms with E-state index in [1.54, 1.807) is 12.1 Å². The summed E-state index contributed by atoms with van der Waals surface area (Å²) in [4.78, 5) is 12.0. The predicted molar refractivity (Wildman–Crippen MR) is 75.0 cm³/mol. The first-order valence-electron chi connectivity index (χ1n) is 6.41. The second kappa shape index (κ2) is 5.79. The van der Waals surface area contributed by atoms with Crippen LogP contribution in [0.5, 0.6) is 0 Å². The summed E-state index contributed by atoms with van der Waals surface area (Å²) in [7, 11) is 0. The average molecular weight is 256 g/mol. The Morgan fingerprint density at radius 3 is 2.53 bits per heavy atom. The zero-order chi connectivity index (χ0) is 13.8. The first-order chi connectivity index (χ1) is 9.06. The van der Waals surface area contributed by atoms with Crippen LogP contribution in [0.3, 0.4) is 0 Å². The number of rotatable bonds is 4. The maximum absolute atomic E-state index is 13.0. The van der Waals surface area contributed by atoms with Crippen molar-refractivity contribution < 1.29 is 9.18 Å². The lowest BCUT2D eigenvalue weighted by Gasteiger charge is -2.05. The minimum absolute atomic E-state index is 0.0160. The molecule has 0 fully saturated rings. The second-order valence-electron chi connectivity index (χ2n) is 4.85. The fourth-order valence-electron chi connectivity index (χ4n) is 2.02. The molecule has 0 saturated carbocycles. The van der Waals surface area contributed by atoms with Gasteiger partial charge in [0.25, 0.3) is 0 Å². The molecule has 0 bridgehead atoms. The molecule has 2 rings (SSSR count). The highest BCUT2D eigenvalue weighted by Gasteiger charge is 2.07. The van der Waals surface area contributed by atoms with Gasteiger partial charge in [-0.25, -0.2) is 4.39 Å². The Hall–Kier alpha value is -1.96. The van der Waals surface area contributed by atoms with Crippen LogP contribution >= 0.6 is 0 Å². The van der Waals surface area contributed by atoms with E-state index in [0.29, 0.717) is 18.4 Å². The van der Waals surface area contributed by atoms with Gasteiger partial charge in [-0.2, -0.15) is 0 Å². The summed E-state index contributed by atoms with van der Waals surface area (Å²) in [5.41, 5.74) is 4.08. The van der Waals surface area contributed by atoms with Crippen LogP contribution in [-0.2, 0) is 6.42 Å². The van der Waals surface area contributed by atoms with Crippen molar-refractivity contribution in [1.29, 1.82) is 0 Å². The van der Waals surface area contributed by atoms with E-state index in [-0.39, 0.29) is 11.6 Å². The maximum atomic E-state index is 13.0. The molecule has 19 heavy (non-hydrogen) atoms. The molecule has 0 heterocycles. The minimum Gasteiger partial charge on any atom is -0.294 e. The van der Waals surface area contributed by atoms with Gasteiger partial charge in [-0.15, -0.1) is 0 Å². The topological polar surface area (TPSA) is 17.1 Å². The first-order valence-corrected chi connectivity index (χ1v) is 6.41. The van der Waals surface area contributed by atoms with Gasteiger partial charge in [-0.1, -0.05) is 30.3 Å². The van der Waals surface area contributed by atoms with Crippen molar-refractivity contribution in [2.75, 3.05) is 0 Å². The number of hydrogen-bond donors (Lipinski definition) is 0. The lowest BCUT2D eigenvalue weighted by atomic mass is 10.00. The predicted octanol–water partition coefficient (Wildman–Crippen LogP) is 4.26. The van der Waals surface area contributed by atoms with Gasteiger partial charge in [0.15, 0.2) is 5.78 Å². The molecule has 1 nitrogen and oxygen atoms in total. The smallest absolute Gasteiger partial charge is 0.163 e. The molecule has 0 radical (unpaired) electrons. The van der Waals surface area contributed by atoms with Crippen LogP contribution in [0.2, 0.25) is 0 Å². The van der Waals surface area contributed by atoms with Crippen LogP contribution in [-0.4, -0.2) is 5.78 Å². The Morgan fingerprint density at radius 1 is 1.05 bits per heavy atom. The van der Waals surface area contributed by atoms with E-state index in [1.165, 1.54) is 23.3 Å². The maximum Gasteiger partial charge on any atom is 0.163 e. The summed E-state index contributed by atoms with van der Waals surface area (Å²) in [5, 5.41) is 0. The van der Waals surface area contributed by atoms with Gasteiger partial charge in [0, 0.05) is 12.0 Å². The van der Waals surface area contributed by atoms with E-state index < -0.39 is 0 Å². The zero-order valence-electron chi connectivity index (χ0n) is 11.2. The molecule has 0 spiro atoms. The fourth-order valence-corrected chi connectivity index (χ4v) is 2.02. The molecule has 2 heteroatoms. The van der Waals surface area contributed by atoms with Crippen molar-refractivity contribution in [1.82, 2.24) is 0 Å². The Bertz CT molecular complexity index is 602. The number of aryl methyl sites for hydroxylation is 3. The van der Waals surface area contributed by atoms with Crippen molar-refractivity contribution in [2.45, 2.75) is 26.7 Å². The standard InChI is InChI=1S/C17H17FO/c1-12-6-7-14(10-13(12)2)8-9-17(19)15-4-3-5-16(18)11-15/h3-7,10-11H,8-9H2,1-2H3. The van der Waals surface area contributed by atoms with E-state index in [1.807, 2.05) is 6.07 Å². The van der Waals surface area contributed by atoms with E-state index >= 15 is 0 Å². The SMILES string of the molecule is Cc1ccc(CCC(=O)c2cccc(F)c2)cc1C. The number of carbonyl (C=O) groups excluding carboxylic acids is 1. The lowest BCUT2D eigenvalue weighted by molar-refractivity contribution is 0.0982. The summed E-state index contributed by atoms with van der Waals surface area (Å²) in [6.07, 6.45) is 1.10. The number of halogens is 1. The molecule has 98 valence electrons. The Kier molecular flexibility index (Phi) is 4.10. The van der Waals surface area contributed by atoms with E-state index in [4.69, 9.17) is 0 Å². The molecule has 0 N–H and O–H groups in total. The highest BCUT2D eigenvalue weighted by molar-refractivity contribution is 5.96. The number of carbonyl (C=O) groups is 1. The third-order valence-electron chi connectivity index (χ3n) is 3.36. The van der Waals surface area contributed by atoms with Gasteiger partial charge in [0.2, 0.25) is 0 Å². The molecule has 0 aliphatic heterocycles. The number of benzene rings is 2. The first kappa shape index (κ1) is 13.5. The van der Waals surface area contributed by atoms with E-state index in [2.05, 4.69) is 26.0 Å². The molecule has 0 aliphatic rings. The molecule has 0 unspecified atom stereocenters. The molecule has 0 saturated heterocycles. The Balaban J connectivity index is 2.02. The lowest BCUT2D eigenvalue weighted by Crippen LogP contribution is -2.02. The summed E-state index contributed by atoms with van der Waals surface area (Å²) in [5.74, 6) is -0.380. The molecular weight excluding hydrogens is 239 g/mol. The summed E-state index contributed by atoms with van der Waals surface area (Å²) in [6.45, 7) is 4.13. The monoisotopic (exact) mass is 256 g/mol. The molecule has 0 aromatic heterocycles. The molecular formula is C17H17FO. The van der Waals surface area contributed by atoms with Crippen molar-refractivity contribution in [3.63, 3.8) is 0 Å². The van der Waals surface area contributed by atoms with Crippen LogP contribution < -0.4 is 0 Å². The van der Waals surface area contributed by atoms with Crippen LogP contribution in [0.15, 0.2) is 42.5 Å². The minimum atomic E-state index is -0.364. The van der Waals surface area contributed by atoms with Crippen LogP contribution in [0, 0.1) is 19.7 Å². The van der Waals surface area contributed by atoms with Gasteiger partial charge in [0.05, 0.1) is 0 Å². The zero-order valence-corrected chi connectivity index (χ0v) is 11.2. The summed E-state index contributed by atoms with van der Waals surface area (Å²) >= 11 is 0. The van der Waals surface area contributed by atoms with Gasteiger partial charge >= 0.3 is 0 Å². The Labute approximate surface area is 113 Å². The van der Waals surface area contributed by atoms with Crippen LogP contribution in [0.25, 0.3) is 0 Å². The van der Waals surface area contributed by atoms with Gasteiger partial charge in [-0.05, 0) is 49.1 Å². The molecule has 2 aromatic carbocycles. The molecule has 2 aromatic rings. The van der Waals surface area contributed by atoms with E-state index in [0.717, 1.165) is 5.56 Å². The van der Waals surface area contributed by atoms with Crippen molar-refractivity contribution in [2.24, 2.45) is 0 Å². The summed E-state index contributed by atoms with van der Waals surface area (Å²) < 4.78 is 13.0. The Morgan fingerprint density at radius 2 is 1.84 bits per heavy atom. The van der Waals surface area contributed by atoms with Crippen molar-refractivity contribution in [3.8, 4) is 0 Å². The molecule has 0 atom stereocenters. The third kappa shape index (κ3) is 3.50. The quantitative estimate of drug-likeness (QED) is 0.747. The third-order valence-corrected chi connectivity index (χ3v) is 3.36. The highest BCUT2D eigenvalue weighted by Crippen LogP contribution is 2.13. The average Bonchev–Trinajstić information content (AvgIpc) is 2.40. The van der Waals surface area contributed by atoms with Gasteiger partial charge < -0.3 is 0 Å². The molecule has 0 amide bonds. The van der Waals surface area contributed by atoms with Crippen molar-refractivity contribution >= 4 is 5.78 Å². The largest absolute Gasteiger partial charge is 0.294 e. The molecule has 0 aliphatic carbocycles. The van der Waals surface area contributed by atoms with Gasteiger partial charge in [-0.3, -0.25) is 4.79 Å². The van der Waals surface area contributed by atoms with Crippen molar-refractivity contribution in [3.05, 3.63) is 70.5 Å². The summed E-state index contributed by atoms with van der Waals surface area (Å²) in [6, 6.07) is 12.1. The van der Waals surface area contributed by atoms with Gasteiger partial charge in [0.1, 0.15) is 5.82 Å².